The van der Waals surface area contributed by atoms with E-state index in [1.54, 1.807) is 13.8 Å². The van der Waals surface area contributed by atoms with Crippen LogP contribution in [0.1, 0.15) is 21.5 Å². The SMILES string of the molecule is Cc1cc(Cl)c(C(Br)C(F)(F)C(F)(F)F)cc1C. The zero-order valence-electron chi connectivity index (χ0n) is 9.38. The van der Waals surface area contributed by atoms with Crippen molar-refractivity contribution in [3.63, 3.8) is 0 Å². The molecular weight excluding hydrogens is 342 g/mol. The Balaban J connectivity index is 3.27. The van der Waals surface area contributed by atoms with Crippen LogP contribution in [0.3, 0.4) is 0 Å². The summed E-state index contributed by atoms with van der Waals surface area (Å²) in [4.78, 5) is -2.21. The summed E-state index contributed by atoms with van der Waals surface area (Å²) in [6.07, 6.45) is -5.64. The molecule has 0 aromatic heterocycles. The normalized spacial score (nSPS) is 14.7. The summed E-state index contributed by atoms with van der Waals surface area (Å²) in [7, 11) is 0. The van der Waals surface area contributed by atoms with Crippen LogP contribution >= 0.6 is 27.5 Å². The van der Waals surface area contributed by atoms with Crippen LogP contribution in [0.25, 0.3) is 0 Å². The van der Waals surface area contributed by atoms with Crippen molar-refractivity contribution in [2.75, 3.05) is 0 Å². The molecule has 1 unspecified atom stereocenters. The fourth-order valence-electron chi connectivity index (χ4n) is 1.34. The highest BCUT2D eigenvalue weighted by Crippen LogP contribution is 2.50. The lowest BCUT2D eigenvalue weighted by Crippen LogP contribution is -2.40. The second kappa shape index (κ2) is 4.96. The summed E-state index contributed by atoms with van der Waals surface area (Å²) in [6.45, 7) is 3.30. The van der Waals surface area contributed by atoms with Gasteiger partial charge < -0.3 is 0 Å². The Labute approximate surface area is 114 Å². The third-order valence-electron chi connectivity index (χ3n) is 2.58. The second-order valence-electron chi connectivity index (χ2n) is 3.94. The van der Waals surface area contributed by atoms with Crippen LogP contribution in [0, 0.1) is 13.8 Å². The number of alkyl halides is 6. The van der Waals surface area contributed by atoms with Crippen molar-refractivity contribution in [2.24, 2.45) is 0 Å². The van der Waals surface area contributed by atoms with Gasteiger partial charge in [0, 0.05) is 5.02 Å². The van der Waals surface area contributed by atoms with E-state index in [0.29, 0.717) is 5.56 Å². The highest BCUT2D eigenvalue weighted by Gasteiger charge is 2.62. The number of benzene rings is 1. The Morgan fingerprint density at radius 2 is 1.50 bits per heavy atom. The van der Waals surface area contributed by atoms with E-state index in [9.17, 15) is 22.0 Å². The minimum atomic E-state index is -5.64. The molecule has 0 saturated heterocycles. The average molecular weight is 352 g/mol. The van der Waals surface area contributed by atoms with Gasteiger partial charge >= 0.3 is 12.1 Å². The molecule has 0 spiro atoms. The number of aryl methyl sites for hydroxylation is 2. The summed E-state index contributed by atoms with van der Waals surface area (Å²) in [5.74, 6) is -4.89. The van der Waals surface area contributed by atoms with E-state index in [0.717, 1.165) is 5.56 Å². The van der Waals surface area contributed by atoms with Crippen LogP contribution in [-0.4, -0.2) is 12.1 Å². The van der Waals surface area contributed by atoms with Gasteiger partial charge in [-0.1, -0.05) is 33.6 Å². The Bertz CT molecular complexity index is 455. The average Bonchev–Trinajstić information content (AvgIpc) is 2.20. The van der Waals surface area contributed by atoms with Gasteiger partial charge in [0.1, 0.15) is 4.83 Å². The maximum absolute atomic E-state index is 13.2. The van der Waals surface area contributed by atoms with Crippen molar-refractivity contribution < 1.29 is 22.0 Å². The maximum atomic E-state index is 13.2. The number of hydrogen-bond donors (Lipinski definition) is 0. The molecule has 7 heteroatoms. The molecule has 1 aromatic carbocycles. The van der Waals surface area contributed by atoms with E-state index < -0.39 is 16.9 Å². The monoisotopic (exact) mass is 350 g/mol. The fraction of sp³-hybridized carbons (Fsp3) is 0.455. The van der Waals surface area contributed by atoms with Gasteiger partial charge in [0.2, 0.25) is 0 Å². The van der Waals surface area contributed by atoms with Gasteiger partial charge in [-0.2, -0.15) is 22.0 Å². The van der Waals surface area contributed by atoms with Gasteiger partial charge in [-0.05, 0) is 36.6 Å². The molecule has 0 aliphatic carbocycles. The predicted octanol–water partition coefficient (Wildman–Crippen LogP) is 5.59. The molecular formula is C11H9BrClF5. The zero-order valence-corrected chi connectivity index (χ0v) is 11.7. The smallest absolute Gasteiger partial charge is 0.195 e. The van der Waals surface area contributed by atoms with E-state index in [2.05, 4.69) is 15.9 Å². The van der Waals surface area contributed by atoms with Crippen LogP contribution in [0.15, 0.2) is 12.1 Å². The molecule has 0 aliphatic rings. The lowest BCUT2D eigenvalue weighted by atomic mass is 10.0. The first-order chi connectivity index (χ1) is 7.98. The molecule has 0 aliphatic heterocycles. The van der Waals surface area contributed by atoms with Gasteiger partial charge in [-0.15, -0.1) is 0 Å². The molecule has 1 atom stereocenters. The Kier molecular flexibility index (Phi) is 4.33. The Morgan fingerprint density at radius 1 is 1.06 bits per heavy atom. The third kappa shape index (κ3) is 2.79. The van der Waals surface area contributed by atoms with Crippen molar-refractivity contribution in [3.8, 4) is 0 Å². The van der Waals surface area contributed by atoms with Gasteiger partial charge in [-0.3, -0.25) is 0 Å². The van der Waals surface area contributed by atoms with Crippen LogP contribution in [-0.2, 0) is 0 Å². The summed E-state index contributed by atoms with van der Waals surface area (Å²) < 4.78 is 63.2. The molecule has 0 heterocycles. The highest BCUT2D eigenvalue weighted by atomic mass is 79.9. The molecule has 1 rings (SSSR count). The Morgan fingerprint density at radius 3 is 1.94 bits per heavy atom. The van der Waals surface area contributed by atoms with Crippen LogP contribution in [0.4, 0.5) is 22.0 Å². The van der Waals surface area contributed by atoms with Gasteiger partial charge in [0.15, 0.2) is 0 Å². The van der Waals surface area contributed by atoms with Crippen LogP contribution in [0.5, 0.6) is 0 Å². The molecule has 102 valence electrons. The van der Waals surface area contributed by atoms with Crippen molar-refractivity contribution >= 4 is 27.5 Å². The highest BCUT2D eigenvalue weighted by molar-refractivity contribution is 9.09. The molecule has 0 N–H and O–H groups in total. The number of halogens is 7. The summed E-state index contributed by atoms with van der Waals surface area (Å²) in [5.41, 5.74) is 1.04. The number of rotatable bonds is 2. The van der Waals surface area contributed by atoms with E-state index in [4.69, 9.17) is 11.6 Å². The van der Waals surface area contributed by atoms with E-state index in [1.807, 2.05) is 0 Å². The molecule has 1 aromatic rings. The quantitative estimate of drug-likeness (QED) is 0.481. The summed E-state index contributed by atoms with van der Waals surface area (Å²) in [5, 5.41) is -0.121. The van der Waals surface area contributed by atoms with Gasteiger partial charge in [-0.25, -0.2) is 0 Å². The lowest BCUT2D eigenvalue weighted by Gasteiger charge is -2.26. The largest absolute Gasteiger partial charge is 0.454 e. The fourth-order valence-corrected chi connectivity index (χ4v) is 2.43. The maximum Gasteiger partial charge on any atom is 0.454 e. The molecule has 0 fully saturated rings. The topological polar surface area (TPSA) is 0 Å². The van der Waals surface area contributed by atoms with Crippen molar-refractivity contribution in [1.29, 1.82) is 0 Å². The third-order valence-corrected chi connectivity index (χ3v) is 3.98. The number of hydrogen-bond acceptors (Lipinski definition) is 0. The van der Waals surface area contributed by atoms with Crippen molar-refractivity contribution in [2.45, 2.75) is 30.8 Å². The molecule has 0 saturated carbocycles. The van der Waals surface area contributed by atoms with E-state index >= 15 is 0 Å². The van der Waals surface area contributed by atoms with Gasteiger partial charge in [0.05, 0.1) is 0 Å². The van der Waals surface area contributed by atoms with Crippen LogP contribution < -0.4 is 0 Å². The predicted molar refractivity (Wildman–Crippen MR) is 63.6 cm³/mol. The minimum Gasteiger partial charge on any atom is -0.195 e. The molecule has 18 heavy (non-hydrogen) atoms. The molecule has 0 bridgehead atoms. The molecule has 0 radical (unpaired) electrons. The molecule has 0 nitrogen and oxygen atoms in total. The van der Waals surface area contributed by atoms with Crippen molar-refractivity contribution in [3.05, 3.63) is 33.8 Å². The van der Waals surface area contributed by atoms with E-state index in [-0.39, 0.29) is 10.6 Å². The first-order valence-electron chi connectivity index (χ1n) is 4.83. The molecule has 0 amide bonds. The Hall–Kier alpha value is -0.360. The summed E-state index contributed by atoms with van der Waals surface area (Å²) >= 11 is 8.12. The van der Waals surface area contributed by atoms with E-state index in [1.165, 1.54) is 12.1 Å². The first kappa shape index (κ1) is 15.7. The first-order valence-corrected chi connectivity index (χ1v) is 6.13. The van der Waals surface area contributed by atoms with Crippen LogP contribution in [0.2, 0.25) is 5.02 Å². The lowest BCUT2D eigenvalue weighted by molar-refractivity contribution is -0.281. The standard InChI is InChI=1S/C11H9BrClF5/c1-5-3-7(8(13)4-6(5)2)9(12)10(14,15)11(16,17)18/h3-4,9H,1-2H3. The minimum absolute atomic E-state index is 0.121. The van der Waals surface area contributed by atoms with Crippen molar-refractivity contribution in [1.82, 2.24) is 0 Å². The summed E-state index contributed by atoms with van der Waals surface area (Å²) in [6, 6.07) is 2.60. The zero-order chi connectivity index (χ0) is 14.3. The van der Waals surface area contributed by atoms with Gasteiger partial charge in [0.25, 0.3) is 0 Å². The second-order valence-corrected chi connectivity index (χ2v) is 5.26.